The quantitative estimate of drug-likeness (QED) is 0.437. The first-order valence-corrected chi connectivity index (χ1v) is 6.61. The molecular weight excluding hydrogens is 260 g/mol. The number of rotatable bonds is 0. The number of hydrogen-bond acceptors (Lipinski definition) is 4. The van der Waals surface area contributed by atoms with Gasteiger partial charge in [0.05, 0.1) is 0 Å². The van der Waals surface area contributed by atoms with E-state index in [9.17, 15) is 19.5 Å². The Kier molecular flexibility index (Phi) is 2.51. The fourth-order valence-electron chi connectivity index (χ4n) is 3.18. The number of terminal acetylenes is 1. The van der Waals surface area contributed by atoms with E-state index in [1.54, 1.807) is 23.9 Å². The van der Waals surface area contributed by atoms with Crippen LogP contribution < -0.4 is 0 Å². The van der Waals surface area contributed by atoms with Crippen molar-refractivity contribution < 1.29 is 19.5 Å². The van der Waals surface area contributed by atoms with Crippen molar-refractivity contribution in [2.75, 3.05) is 14.1 Å². The van der Waals surface area contributed by atoms with Crippen LogP contribution in [0.5, 0.6) is 0 Å². The second-order valence-electron chi connectivity index (χ2n) is 5.93. The molecule has 0 aromatic rings. The molecule has 1 N–H and O–H groups in total. The molecule has 2 aliphatic heterocycles. The van der Waals surface area contributed by atoms with Gasteiger partial charge in [-0.05, 0) is 12.8 Å². The smallest absolute Gasteiger partial charge is 0.290 e. The summed E-state index contributed by atoms with van der Waals surface area (Å²) in [7, 11) is 3.38. The van der Waals surface area contributed by atoms with Gasteiger partial charge in [-0.1, -0.05) is 5.92 Å². The molecule has 0 aromatic carbocycles. The van der Waals surface area contributed by atoms with Gasteiger partial charge in [0.1, 0.15) is 0 Å². The van der Waals surface area contributed by atoms with Crippen molar-refractivity contribution in [3.05, 3.63) is 0 Å². The van der Waals surface area contributed by atoms with Crippen LogP contribution in [-0.4, -0.2) is 64.3 Å². The number of hydrogen-bond donors (Lipinski definition) is 1. The molecule has 2 heterocycles. The van der Waals surface area contributed by atoms with Crippen molar-refractivity contribution in [3.63, 3.8) is 0 Å². The van der Waals surface area contributed by atoms with E-state index >= 15 is 0 Å². The normalized spacial score (nSPS) is 43.6. The summed E-state index contributed by atoms with van der Waals surface area (Å²) in [5.41, 5.74) is -1.49. The van der Waals surface area contributed by atoms with Crippen molar-refractivity contribution in [2.45, 2.75) is 30.5 Å². The summed E-state index contributed by atoms with van der Waals surface area (Å²) in [6, 6.07) is 0.466. The number of likely N-dealkylation sites (tertiary alicyclic amines) is 2. The van der Waals surface area contributed by atoms with Crippen LogP contribution in [0.1, 0.15) is 12.8 Å². The molecule has 2 amide bonds. The Morgan fingerprint density at radius 2 is 1.85 bits per heavy atom. The monoisotopic (exact) mass is 276 g/mol. The average molecular weight is 276 g/mol. The molecule has 0 aromatic heterocycles. The van der Waals surface area contributed by atoms with Crippen molar-refractivity contribution in [2.24, 2.45) is 11.8 Å². The Balaban J connectivity index is 0.000000123. The predicted octanol–water partition coefficient (Wildman–Crippen LogP) is -1.37. The lowest BCUT2D eigenvalue weighted by Gasteiger charge is -2.18. The van der Waals surface area contributed by atoms with Crippen LogP contribution in [0.3, 0.4) is 0 Å². The number of fused-ring (bicyclic) bond motifs is 2. The van der Waals surface area contributed by atoms with Gasteiger partial charge in [-0.3, -0.25) is 14.4 Å². The minimum Gasteiger partial charge on any atom is -0.369 e. The van der Waals surface area contributed by atoms with Gasteiger partial charge in [-0.25, -0.2) is 0 Å². The highest BCUT2D eigenvalue weighted by Crippen LogP contribution is 2.50. The highest BCUT2D eigenvalue weighted by Gasteiger charge is 2.65. The second-order valence-corrected chi connectivity index (χ2v) is 5.93. The first-order chi connectivity index (χ1) is 9.32. The Hall–Kier alpha value is -1.87. The van der Waals surface area contributed by atoms with E-state index in [0.717, 1.165) is 12.8 Å². The summed E-state index contributed by atoms with van der Waals surface area (Å²) >= 11 is 0. The second kappa shape index (κ2) is 3.83. The van der Waals surface area contributed by atoms with E-state index in [-0.39, 0.29) is 41.5 Å². The number of amides is 2. The molecule has 0 spiro atoms. The third-order valence-electron chi connectivity index (χ3n) is 4.78. The fraction of sp³-hybridized carbons (Fsp3) is 0.643. The molecule has 2 saturated carbocycles. The van der Waals surface area contributed by atoms with Crippen molar-refractivity contribution in [1.29, 1.82) is 0 Å². The maximum atomic E-state index is 11.2. The summed E-state index contributed by atoms with van der Waals surface area (Å²) < 4.78 is 0. The lowest BCUT2D eigenvalue weighted by atomic mass is 10.0. The Labute approximate surface area is 116 Å². The van der Waals surface area contributed by atoms with Gasteiger partial charge in [0.15, 0.2) is 0 Å². The average Bonchev–Trinajstić information content (AvgIpc) is 3.32. The zero-order valence-corrected chi connectivity index (χ0v) is 11.4. The van der Waals surface area contributed by atoms with Gasteiger partial charge in [0.25, 0.3) is 11.8 Å². The van der Waals surface area contributed by atoms with Crippen LogP contribution >= 0.6 is 0 Å². The molecular formula is C14H16N2O4. The highest BCUT2D eigenvalue weighted by molar-refractivity contribution is 6.40. The maximum absolute atomic E-state index is 11.2. The lowest BCUT2D eigenvalue weighted by molar-refractivity contribution is -0.141. The van der Waals surface area contributed by atoms with Gasteiger partial charge in [-0.15, -0.1) is 6.42 Å². The Morgan fingerprint density at radius 1 is 1.20 bits per heavy atom. The standard InChI is InChI=1S/C8H9NO2.C6H7NO2/c1-3-8(11)5-4-6(5)9(2)7(8)10;1-7-4-2-3(4)5(8)6(7)9/h1,5-6,11H,4H2,2H3;3-4H,2H2,1H3. The number of Topliss-reactive ketones (excluding diaryl/α,β-unsaturated/α-hetero) is 1. The van der Waals surface area contributed by atoms with Crippen molar-refractivity contribution in [3.8, 4) is 12.3 Å². The minimum atomic E-state index is -1.49. The van der Waals surface area contributed by atoms with Crippen LogP contribution in [0.4, 0.5) is 0 Å². The van der Waals surface area contributed by atoms with Crippen LogP contribution in [0.25, 0.3) is 0 Å². The third-order valence-corrected chi connectivity index (χ3v) is 4.78. The largest absolute Gasteiger partial charge is 0.369 e. The molecule has 4 aliphatic rings. The number of aliphatic hydroxyl groups is 1. The van der Waals surface area contributed by atoms with Gasteiger partial charge < -0.3 is 14.9 Å². The number of carbonyl (C=O) groups excluding carboxylic acids is 3. The van der Waals surface area contributed by atoms with E-state index in [4.69, 9.17) is 6.42 Å². The first kappa shape index (κ1) is 13.1. The van der Waals surface area contributed by atoms with Crippen molar-refractivity contribution >= 4 is 17.6 Å². The molecule has 6 nitrogen and oxygen atoms in total. The van der Waals surface area contributed by atoms with Gasteiger partial charge in [-0.2, -0.15) is 0 Å². The highest BCUT2D eigenvalue weighted by atomic mass is 16.3. The van der Waals surface area contributed by atoms with Crippen LogP contribution in [0.2, 0.25) is 0 Å². The molecule has 0 bridgehead atoms. The van der Waals surface area contributed by atoms with E-state index in [1.165, 1.54) is 0 Å². The third kappa shape index (κ3) is 1.53. The van der Waals surface area contributed by atoms with Crippen LogP contribution in [0, 0.1) is 24.2 Å². The predicted molar refractivity (Wildman–Crippen MR) is 68.1 cm³/mol. The zero-order valence-electron chi connectivity index (χ0n) is 11.4. The number of carbonyl (C=O) groups is 3. The van der Waals surface area contributed by atoms with Gasteiger partial charge in [0.2, 0.25) is 11.4 Å². The molecule has 6 heteroatoms. The van der Waals surface area contributed by atoms with E-state index < -0.39 is 5.60 Å². The molecule has 5 atom stereocenters. The summed E-state index contributed by atoms with van der Waals surface area (Å²) in [6.07, 6.45) is 6.84. The minimum absolute atomic E-state index is 0.00926. The molecule has 4 fully saturated rings. The maximum Gasteiger partial charge on any atom is 0.290 e. The fourth-order valence-corrected chi connectivity index (χ4v) is 3.18. The molecule has 2 aliphatic carbocycles. The summed E-state index contributed by atoms with van der Waals surface area (Å²) in [4.78, 5) is 35.8. The van der Waals surface area contributed by atoms with Gasteiger partial charge >= 0.3 is 0 Å². The SMILES string of the molecule is C#CC1(O)C(=O)N(C)C2CC21.CN1C(=O)C(=O)C2CC21. The van der Waals surface area contributed by atoms with E-state index in [0.29, 0.717) is 0 Å². The Bertz CT molecular complexity index is 560. The molecule has 2 saturated heterocycles. The topological polar surface area (TPSA) is 77.9 Å². The molecule has 20 heavy (non-hydrogen) atoms. The van der Waals surface area contributed by atoms with E-state index in [2.05, 4.69) is 5.92 Å². The van der Waals surface area contributed by atoms with Crippen molar-refractivity contribution in [1.82, 2.24) is 9.80 Å². The molecule has 4 rings (SSSR count). The zero-order chi connectivity index (χ0) is 14.8. The summed E-state index contributed by atoms with van der Waals surface area (Å²) in [5.74, 6) is 1.45. The summed E-state index contributed by atoms with van der Waals surface area (Å²) in [5, 5.41) is 9.62. The van der Waals surface area contributed by atoms with E-state index in [1.807, 2.05) is 0 Å². The number of nitrogens with zero attached hydrogens (tertiary/aromatic N) is 2. The first-order valence-electron chi connectivity index (χ1n) is 6.61. The van der Waals surface area contributed by atoms with Crippen LogP contribution in [-0.2, 0) is 14.4 Å². The molecule has 5 unspecified atom stereocenters. The number of piperidine rings is 2. The molecule has 106 valence electrons. The van der Waals surface area contributed by atoms with Crippen LogP contribution in [0.15, 0.2) is 0 Å². The summed E-state index contributed by atoms with van der Waals surface area (Å²) in [6.45, 7) is 0. The lowest BCUT2D eigenvalue weighted by Crippen LogP contribution is -2.41. The molecule has 0 radical (unpaired) electrons. The Morgan fingerprint density at radius 3 is 2.10 bits per heavy atom. The van der Waals surface area contributed by atoms with Gasteiger partial charge in [0, 0.05) is 38.0 Å². The number of ketones is 1. The number of likely N-dealkylation sites (N-methyl/N-ethyl adjacent to an activating group) is 2.